The van der Waals surface area contributed by atoms with Crippen molar-refractivity contribution in [2.75, 3.05) is 16.8 Å². The van der Waals surface area contributed by atoms with Crippen molar-refractivity contribution >= 4 is 40.7 Å². The van der Waals surface area contributed by atoms with E-state index in [4.69, 9.17) is 28.5 Å². The molecule has 0 radical (unpaired) electrons. The van der Waals surface area contributed by atoms with E-state index in [1.54, 1.807) is 30.0 Å². The number of nitriles is 1. The van der Waals surface area contributed by atoms with Gasteiger partial charge in [0.05, 0.1) is 27.4 Å². The number of hydrogen-bond acceptors (Lipinski definition) is 3. The molecule has 1 aliphatic rings. The Balaban J connectivity index is 2.32. The molecule has 0 unspecified atom stereocenters. The van der Waals surface area contributed by atoms with Gasteiger partial charge in [-0.15, -0.1) is 11.8 Å². The minimum Gasteiger partial charge on any atom is -0.355 e. The average Bonchev–Trinajstić information content (AvgIpc) is 2.71. The Bertz CT molecular complexity index is 471. The first kappa shape index (κ1) is 11.7. The van der Waals surface area contributed by atoms with E-state index in [9.17, 15) is 0 Å². The van der Waals surface area contributed by atoms with Gasteiger partial charge < -0.3 is 5.32 Å². The molecule has 0 bridgehead atoms. The van der Waals surface area contributed by atoms with Crippen LogP contribution < -0.4 is 5.32 Å². The molecule has 1 aliphatic heterocycles. The predicted molar refractivity (Wildman–Crippen MR) is 70.0 cm³/mol. The molecule has 16 heavy (non-hydrogen) atoms. The molecule has 1 aromatic carbocycles. The van der Waals surface area contributed by atoms with E-state index in [0.717, 1.165) is 22.8 Å². The van der Waals surface area contributed by atoms with Gasteiger partial charge in [-0.2, -0.15) is 5.26 Å². The molecule has 0 saturated heterocycles. The van der Waals surface area contributed by atoms with Crippen LogP contribution in [0.5, 0.6) is 0 Å². The van der Waals surface area contributed by atoms with E-state index in [1.807, 2.05) is 0 Å². The van der Waals surface area contributed by atoms with Crippen molar-refractivity contribution in [3.63, 3.8) is 0 Å². The summed E-state index contributed by atoms with van der Waals surface area (Å²) in [6, 6.07) is 7.51. The Morgan fingerprint density at radius 3 is 2.56 bits per heavy atom. The van der Waals surface area contributed by atoms with Crippen molar-refractivity contribution in [2.24, 2.45) is 0 Å². The van der Waals surface area contributed by atoms with Crippen LogP contribution in [0.4, 0.5) is 5.69 Å². The first-order valence-electron chi connectivity index (χ1n) is 4.63. The van der Waals surface area contributed by atoms with Gasteiger partial charge in [-0.3, -0.25) is 0 Å². The van der Waals surface area contributed by atoms with Crippen molar-refractivity contribution in [3.8, 4) is 6.07 Å². The van der Waals surface area contributed by atoms with Gasteiger partial charge >= 0.3 is 0 Å². The standard InChI is InChI=1S/C11H8Cl2N2S/c12-8-2-1-3-9(13)11(8)15-10-6-16-5-7(10)4-14/h1-3,15H,5-6H2. The summed E-state index contributed by atoms with van der Waals surface area (Å²) in [7, 11) is 0. The molecule has 82 valence electrons. The molecule has 0 fully saturated rings. The smallest absolute Gasteiger partial charge is 0.0974 e. The molecule has 1 N–H and O–H groups in total. The van der Waals surface area contributed by atoms with Crippen LogP contribution in [0, 0.1) is 11.3 Å². The highest BCUT2D eigenvalue weighted by atomic mass is 35.5. The minimum absolute atomic E-state index is 0.564. The van der Waals surface area contributed by atoms with Crippen LogP contribution in [0.1, 0.15) is 0 Å². The molecule has 1 aromatic rings. The van der Waals surface area contributed by atoms with Gasteiger partial charge in [0.15, 0.2) is 0 Å². The summed E-state index contributed by atoms with van der Waals surface area (Å²) in [5, 5.41) is 13.2. The van der Waals surface area contributed by atoms with Crippen molar-refractivity contribution in [1.82, 2.24) is 0 Å². The fourth-order valence-electron chi connectivity index (χ4n) is 1.41. The number of nitrogens with one attached hydrogen (secondary N) is 1. The van der Waals surface area contributed by atoms with E-state index in [2.05, 4.69) is 11.4 Å². The number of halogens is 2. The number of hydrogen-bond donors (Lipinski definition) is 1. The van der Waals surface area contributed by atoms with Crippen molar-refractivity contribution in [3.05, 3.63) is 39.5 Å². The quantitative estimate of drug-likeness (QED) is 0.885. The molecule has 0 amide bonds. The Morgan fingerprint density at radius 1 is 1.25 bits per heavy atom. The minimum atomic E-state index is 0.564. The van der Waals surface area contributed by atoms with Gasteiger partial charge in [-0.05, 0) is 12.1 Å². The highest BCUT2D eigenvalue weighted by Gasteiger charge is 2.16. The Hall–Kier alpha value is -0.820. The van der Waals surface area contributed by atoms with Gasteiger partial charge in [-0.1, -0.05) is 29.3 Å². The number of nitrogens with zero attached hydrogens (tertiary/aromatic N) is 1. The van der Waals surface area contributed by atoms with Crippen LogP contribution >= 0.6 is 35.0 Å². The first-order valence-corrected chi connectivity index (χ1v) is 6.54. The van der Waals surface area contributed by atoms with Crippen LogP contribution in [0.25, 0.3) is 0 Å². The maximum atomic E-state index is 8.93. The Morgan fingerprint density at radius 2 is 1.94 bits per heavy atom. The van der Waals surface area contributed by atoms with Crippen LogP contribution in [0.15, 0.2) is 29.5 Å². The van der Waals surface area contributed by atoms with E-state index in [1.165, 1.54) is 0 Å². The normalized spacial score (nSPS) is 15.1. The van der Waals surface area contributed by atoms with E-state index < -0.39 is 0 Å². The largest absolute Gasteiger partial charge is 0.355 e. The third-order valence-corrected chi connectivity index (χ3v) is 3.85. The molecule has 2 nitrogen and oxygen atoms in total. The maximum absolute atomic E-state index is 8.93. The fraction of sp³-hybridized carbons (Fsp3) is 0.182. The summed E-state index contributed by atoms with van der Waals surface area (Å²) in [5.41, 5.74) is 2.35. The first-order chi connectivity index (χ1) is 7.72. The zero-order valence-corrected chi connectivity index (χ0v) is 10.6. The SMILES string of the molecule is N#CC1=C(Nc2c(Cl)cccc2Cl)CSC1. The lowest BCUT2D eigenvalue weighted by Crippen LogP contribution is -2.02. The predicted octanol–water partition coefficient (Wildman–Crippen LogP) is 3.93. The lowest BCUT2D eigenvalue weighted by atomic mass is 10.2. The van der Waals surface area contributed by atoms with E-state index in [0.29, 0.717) is 15.7 Å². The summed E-state index contributed by atoms with van der Waals surface area (Å²) in [6.07, 6.45) is 0. The van der Waals surface area contributed by atoms with Gasteiger partial charge in [0.1, 0.15) is 0 Å². The Labute approximate surface area is 108 Å². The van der Waals surface area contributed by atoms with E-state index in [-0.39, 0.29) is 0 Å². The molecule has 0 saturated carbocycles. The second-order valence-electron chi connectivity index (χ2n) is 3.28. The summed E-state index contributed by atoms with van der Waals surface area (Å²) in [6.45, 7) is 0. The zero-order valence-electron chi connectivity index (χ0n) is 8.26. The molecule has 1 heterocycles. The average molecular weight is 271 g/mol. The summed E-state index contributed by atoms with van der Waals surface area (Å²) in [5.74, 6) is 1.55. The fourth-order valence-corrected chi connectivity index (χ4v) is 2.90. The maximum Gasteiger partial charge on any atom is 0.0974 e. The molecule has 5 heteroatoms. The Kier molecular flexibility index (Phi) is 3.65. The zero-order chi connectivity index (χ0) is 11.5. The summed E-state index contributed by atoms with van der Waals surface area (Å²) < 4.78 is 0. The molecular weight excluding hydrogens is 263 g/mol. The molecule has 0 aliphatic carbocycles. The second-order valence-corrected chi connectivity index (χ2v) is 5.08. The number of rotatable bonds is 2. The summed E-state index contributed by atoms with van der Waals surface area (Å²) >= 11 is 13.8. The lowest BCUT2D eigenvalue weighted by Gasteiger charge is -2.10. The molecular formula is C11H8Cl2N2S. The number of anilines is 1. The second kappa shape index (κ2) is 5.01. The molecule has 0 aromatic heterocycles. The van der Waals surface area contributed by atoms with Crippen LogP contribution in [0.2, 0.25) is 10.0 Å². The van der Waals surface area contributed by atoms with Gasteiger partial charge in [0.2, 0.25) is 0 Å². The van der Waals surface area contributed by atoms with Crippen LogP contribution in [-0.4, -0.2) is 11.5 Å². The summed E-state index contributed by atoms with van der Waals surface area (Å²) in [4.78, 5) is 0. The van der Waals surface area contributed by atoms with Crippen molar-refractivity contribution in [1.29, 1.82) is 5.26 Å². The van der Waals surface area contributed by atoms with Gasteiger partial charge in [0.25, 0.3) is 0 Å². The van der Waals surface area contributed by atoms with Crippen molar-refractivity contribution < 1.29 is 0 Å². The third kappa shape index (κ3) is 2.30. The highest BCUT2D eigenvalue weighted by Crippen LogP contribution is 2.33. The number of para-hydroxylation sites is 1. The molecule has 2 rings (SSSR count). The van der Waals surface area contributed by atoms with Gasteiger partial charge in [-0.25, -0.2) is 0 Å². The molecule has 0 spiro atoms. The lowest BCUT2D eigenvalue weighted by molar-refractivity contribution is 1.34. The van der Waals surface area contributed by atoms with E-state index >= 15 is 0 Å². The monoisotopic (exact) mass is 270 g/mol. The van der Waals surface area contributed by atoms with Crippen molar-refractivity contribution in [2.45, 2.75) is 0 Å². The van der Waals surface area contributed by atoms with Gasteiger partial charge in [0, 0.05) is 17.2 Å². The molecule has 0 atom stereocenters. The van der Waals surface area contributed by atoms with Crippen LogP contribution in [-0.2, 0) is 0 Å². The highest BCUT2D eigenvalue weighted by molar-refractivity contribution is 7.99. The number of thioether (sulfide) groups is 1. The van der Waals surface area contributed by atoms with Crippen LogP contribution in [0.3, 0.4) is 0 Å². The topological polar surface area (TPSA) is 35.8 Å². The number of benzene rings is 1. The third-order valence-electron chi connectivity index (χ3n) is 2.23.